The van der Waals surface area contributed by atoms with Gasteiger partial charge in [-0.2, -0.15) is 0 Å². The molecule has 160 valence electrons. The van der Waals surface area contributed by atoms with E-state index in [9.17, 15) is 9.59 Å². The molecule has 7 heteroatoms. The quantitative estimate of drug-likeness (QED) is 0.531. The standard InChI is InChI=1S/C22H30O7/c1-12-9-15(25-3)10-14-7-8-22(16(18(12)14)11-17(23)26-4)13(2)19(29-21(22)24)20(27-5)28-6/h9-10,13,16,19-20H,7-8,11H2,1-6H3/t13-,16+,19+,22-/m1/s1. The number of esters is 2. The van der Waals surface area contributed by atoms with E-state index in [0.29, 0.717) is 12.8 Å². The van der Waals surface area contributed by atoms with Gasteiger partial charge in [0.2, 0.25) is 0 Å². The minimum absolute atomic E-state index is 0.105. The Bertz CT molecular complexity index is 786. The minimum Gasteiger partial charge on any atom is -0.497 e. The zero-order valence-electron chi connectivity index (χ0n) is 17.9. The molecule has 29 heavy (non-hydrogen) atoms. The van der Waals surface area contributed by atoms with Crippen molar-refractivity contribution in [1.82, 2.24) is 0 Å². The van der Waals surface area contributed by atoms with E-state index >= 15 is 0 Å². The Hall–Kier alpha value is -2.12. The van der Waals surface area contributed by atoms with Crippen LogP contribution < -0.4 is 4.74 Å². The van der Waals surface area contributed by atoms with Crippen molar-refractivity contribution in [3.63, 3.8) is 0 Å². The van der Waals surface area contributed by atoms with Crippen molar-refractivity contribution in [2.75, 3.05) is 28.4 Å². The highest BCUT2D eigenvalue weighted by atomic mass is 16.7. The van der Waals surface area contributed by atoms with Crippen LogP contribution in [0.2, 0.25) is 0 Å². The van der Waals surface area contributed by atoms with Gasteiger partial charge in [-0.3, -0.25) is 9.59 Å². The molecular weight excluding hydrogens is 376 g/mol. The predicted molar refractivity (Wildman–Crippen MR) is 105 cm³/mol. The van der Waals surface area contributed by atoms with E-state index in [-0.39, 0.29) is 30.2 Å². The molecule has 1 aromatic rings. The van der Waals surface area contributed by atoms with Gasteiger partial charge in [0, 0.05) is 26.1 Å². The molecule has 1 fully saturated rings. The van der Waals surface area contributed by atoms with Crippen LogP contribution >= 0.6 is 0 Å². The number of rotatable bonds is 6. The SMILES string of the molecule is COC(=O)C[C@H]1c2c(C)cc(OC)cc2CC[C@]12C(=O)O[C@H](C(OC)OC)[C@H]2C. The smallest absolute Gasteiger partial charge is 0.313 e. The third-order valence-corrected chi connectivity index (χ3v) is 6.72. The van der Waals surface area contributed by atoms with Crippen LogP contribution in [0.15, 0.2) is 12.1 Å². The molecule has 2 aliphatic rings. The normalized spacial score (nSPS) is 28.4. The number of benzene rings is 1. The van der Waals surface area contributed by atoms with Crippen LogP contribution in [0.3, 0.4) is 0 Å². The molecule has 1 aromatic carbocycles. The first-order valence-electron chi connectivity index (χ1n) is 9.84. The molecule has 0 radical (unpaired) electrons. The molecule has 7 nitrogen and oxygen atoms in total. The van der Waals surface area contributed by atoms with Crippen molar-refractivity contribution in [3.8, 4) is 5.75 Å². The van der Waals surface area contributed by atoms with Crippen LogP contribution in [-0.4, -0.2) is 52.8 Å². The molecule has 0 saturated carbocycles. The second kappa shape index (κ2) is 8.32. The number of aryl methyl sites for hydroxylation is 2. The van der Waals surface area contributed by atoms with Gasteiger partial charge >= 0.3 is 11.9 Å². The van der Waals surface area contributed by atoms with Crippen LogP contribution in [0, 0.1) is 18.3 Å². The second-order valence-electron chi connectivity index (χ2n) is 7.89. The fourth-order valence-electron chi connectivity index (χ4n) is 5.23. The fourth-order valence-corrected chi connectivity index (χ4v) is 5.23. The highest BCUT2D eigenvalue weighted by molar-refractivity contribution is 5.84. The van der Waals surface area contributed by atoms with Crippen molar-refractivity contribution in [3.05, 3.63) is 28.8 Å². The van der Waals surface area contributed by atoms with E-state index in [2.05, 4.69) is 0 Å². The van der Waals surface area contributed by atoms with Gasteiger partial charge in [-0.05, 0) is 48.6 Å². The molecule has 0 unspecified atom stereocenters. The van der Waals surface area contributed by atoms with Gasteiger partial charge in [0.05, 0.1) is 26.1 Å². The van der Waals surface area contributed by atoms with Crippen molar-refractivity contribution >= 4 is 11.9 Å². The number of cyclic esters (lactones) is 1. The van der Waals surface area contributed by atoms with Gasteiger partial charge in [0.1, 0.15) is 5.75 Å². The summed E-state index contributed by atoms with van der Waals surface area (Å²) in [6.45, 7) is 3.97. The van der Waals surface area contributed by atoms with Crippen molar-refractivity contribution in [1.29, 1.82) is 0 Å². The number of hydrogen-bond donors (Lipinski definition) is 0. The Morgan fingerprint density at radius 3 is 2.52 bits per heavy atom. The summed E-state index contributed by atoms with van der Waals surface area (Å²) < 4.78 is 27.0. The Kier molecular flexibility index (Phi) is 6.19. The molecule has 0 amide bonds. The van der Waals surface area contributed by atoms with Gasteiger partial charge in [-0.25, -0.2) is 0 Å². The third-order valence-electron chi connectivity index (χ3n) is 6.72. The summed E-state index contributed by atoms with van der Waals surface area (Å²) >= 11 is 0. The molecule has 1 spiro atoms. The molecule has 1 saturated heterocycles. The predicted octanol–water partition coefficient (Wildman–Crippen LogP) is 2.76. The summed E-state index contributed by atoms with van der Waals surface area (Å²) in [4.78, 5) is 25.7. The maximum absolute atomic E-state index is 13.3. The summed E-state index contributed by atoms with van der Waals surface area (Å²) in [5.41, 5.74) is 2.25. The summed E-state index contributed by atoms with van der Waals surface area (Å²) in [5, 5.41) is 0. The molecule has 1 heterocycles. The molecule has 4 atom stereocenters. The van der Waals surface area contributed by atoms with Gasteiger partial charge in [0.25, 0.3) is 0 Å². The Balaban J connectivity index is 2.13. The second-order valence-corrected chi connectivity index (χ2v) is 7.89. The fraction of sp³-hybridized carbons (Fsp3) is 0.636. The highest BCUT2D eigenvalue weighted by Gasteiger charge is 2.63. The Labute approximate surface area is 171 Å². The summed E-state index contributed by atoms with van der Waals surface area (Å²) in [7, 11) is 6.05. The maximum Gasteiger partial charge on any atom is 0.313 e. The van der Waals surface area contributed by atoms with Gasteiger partial charge in [-0.15, -0.1) is 0 Å². The first kappa shape index (κ1) is 21.6. The van der Waals surface area contributed by atoms with E-state index in [1.807, 2.05) is 26.0 Å². The van der Waals surface area contributed by atoms with Crippen molar-refractivity contribution in [2.24, 2.45) is 11.3 Å². The van der Waals surface area contributed by atoms with Crippen LogP contribution in [0.1, 0.15) is 42.4 Å². The van der Waals surface area contributed by atoms with Gasteiger partial charge < -0.3 is 23.7 Å². The third kappa shape index (κ3) is 3.40. The Morgan fingerprint density at radius 1 is 1.24 bits per heavy atom. The number of ether oxygens (including phenoxy) is 5. The number of methoxy groups -OCH3 is 4. The van der Waals surface area contributed by atoms with E-state index in [4.69, 9.17) is 23.7 Å². The highest BCUT2D eigenvalue weighted by Crippen LogP contribution is 2.58. The summed E-state index contributed by atoms with van der Waals surface area (Å²) in [6.07, 6.45) is 0.170. The van der Waals surface area contributed by atoms with Gasteiger partial charge in [0.15, 0.2) is 12.4 Å². The average Bonchev–Trinajstić information content (AvgIpc) is 2.96. The zero-order valence-corrected chi connectivity index (χ0v) is 17.9. The van der Waals surface area contributed by atoms with E-state index < -0.39 is 17.8 Å². The molecule has 1 aliphatic heterocycles. The number of carbonyl (C=O) groups excluding carboxylic acids is 2. The molecule has 3 rings (SSSR count). The molecule has 0 bridgehead atoms. The summed E-state index contributed by atoms with van der Waals surface area (Å²) in [6, 6.07) is 3.94. The van der Waals surface area contributed by atoms with Crippen LogP contribution in [-0.2, 0) is 35.0 Å². The van der Waals surface area contributed by atoms with Crippen LogP contribution in [0.25, 0.3) is 0 Å². The van der Waals surface area contributed by atoms with Gasteiger partial charge in [-0.1, -0.05) is 6.92 Å². The molecule has 0 aromatic heterocycles. The molecule has 1 aliphatic carbocycles. The topological polar surface area (TPSA) is 80.3 Å². The number of carbonyl (C=O) groups is 2. The lowest BCUT2D eigenvalue weighted by Gasteiger charge is -2.43. The van der Waals surface area contributed by atoms with E-state index in [1.54, 1.807) is 7.11 Å². The lowest BCUT2D eigenvalue weighted by molar-refractivity contribution is -0.183. The van der Waals surface area contributed by atoms with E-state index in [0.717, 1.165) is 22.4 Å². The lowest BCUT2D eigenvalue weighted by atomic mass is 9.57. The largest absolute Gasteiger partial charge is 0.497 e. The molecule has 0 N–H and O–H groups in total. The lowest BCUT2D eigenvalue weighted by Crippen LogP contribution is -2.45. The van der Waals surface area contributed by atoms with Crippen molar-refractivity contribution in [2.45, 2.75) is 51.4 Å². The number of hydrogen-bond acceptors (Lipinski definition) is 7. The monoisotopic (exact) mass is 406 g/mol. The average molecular weight is 406 g/mol. The Morgan fingerprint density at radius 2 is 1.93 bits per heavy atom. The van der Waals surface area contributed by atoms with Crippen LogP contribution in [0.4, 0.5) is 0 Å². The minimum atomic E-state index is -0.847. The zero-order chi connectivity index (χ0) is 21.3. The maximum atomic E-state index is 13.3. The molecular formula is C22H30O7. The first-order valence-corrected chi connectivity index (χ1v) is 9.84. The van der Waals surface area contributed by atoms with E-state index in [1.165, 1.54) is 21.3 Å². The van der Waals surface area contributed by atoms with Crippen LogP contribution in [0.5, 0.6) is 5.75 Å². The van der Waals surface area contributed by atoms with Crippen molar-refractivity contribution < 1.29 is 33.3 Å². The first-order chi connectivity index (χ1) is 13.8. The number of fused-ring (bicyclic) bond motifs is 1. The summed E-state index contributed by atoms with van der Waals surface area (Å²) in [5.74, 6) is -0.441.